The molecule has 7 fully saturated rings. The molecule has 0 radical (unpaired) electrons. The Hall–Kier alpha value is -5.66. The Morgan fingerprint density at radius 3 is 2.28 bits per heavy atom. The van der Waals surface area contributed by atoms with Crippen molar-refractivity contribution in [1.82, 2.24) is 40.3 Å². The number of imide groups is 1. The summed E-state index contributed by atoms with van der Waals surface area (Å²) in [6, 6.07) is 10.0. The highest BCUT2D eigenvalue weighted by Gasteiger charge is 2.50. The molecule has 1 spiro atoms. The second-order valence-electron chi connectivity index (χ2n) is 22.1. The molecule has 4 N–H and O–H groups in total. The number of carbonyl (C=O) groups is 3. The number of nitrogen functional groups attached to an aromatic ring is 1. The van der Waals surface area contributed by atoms with Crippen molar-refractivity contribution < 1.29 is 36.7 Å². The summed E-state index contributed by atoms with van der Waals surface area (Å²) in [4.78, 5) is 62.2. The van der Waals surface area contributed by atoms with Gasteiger partial charge in [0.05, 0.1) is 17.9 Å². The second kappa shape index (κ2) is 17.5. The summed E-state index contributed by atoms with van der Waals surface area (Å²) < 4.78 is 66.5. The van der Waals surface area contributed by atoms with Crippen molar-refractivity contribution in [3.63, 3.8) is 0 Å². The molecule has 2 unspecified atom stereocenters. The van der Waals surface area contributed by atoms with Gasteiger partial charge in [-0.2, -0.15) is 23.1 Å². The first-order chi connectivity index (χ1) is 34.1. The van der Waals surface area contributed by atoms with Crippen molar-refractivity contribution in [3.05, 3.63) is 64.5 Å². The molecule has 8 aliphatic rings. The fourth-order valence-corrected chi connectivity index (χ4v) is 13.3. The quantitative estimate of drug-likeness (QED) is 0.120. The average molecular weight is 980 g/mol. The summed E-state index contributed by atoms with van der Waals surface area (Å²) in [5.74, 6) is -0.665. The molecule has 4 aromatic rings. The fraction of sp³-hybridized carbons (Fsp3) is 0.577. The molecule has 15 nitrogen and oxygen atoms in total. The van der Waals surface area contributed by atoms with Crippen molar-refractivity contribution in [2.45, 2.75) is 102 Å². The minimum absolute atomic E-state index is 0.0222. The van der Waals surface area contributed by atoms with Gasteiger partial charge in [0.1, 0.15) is 23.2 Å². The molecule has 2 aliphatic carbocycles. The molecule has 5 saturated heterocycles. The molecule has 8 heterocycles. The Bertz CT molecular complexity index is 2790. The Morgan fingerprint density at radius 2 is 1.58 bits per heavy atom. The zero-order chi connectivity index (χ0) is 49.0. The smallest absolute Gasteiger partial charge is 0.418 e. The number of aryl methyl sites for hydroxylation is 1. The van der Waals surface area contributed by atoms with Gasteiger partial charge in [-0.25, -0.2) is 9.37 Å². The number of alkyl halides is 3. The third-order valence-corrected chi connectivity index (χ3v) is 17.2. The summed E-state index contributed by atoms with van der Waals surface area (Å²) in [6.07, 6.45) is 4.73. The second-order valence-corrected chi connectivity index (χ2v) is 22.1. The minimum Gasteiger partial charge on any atom is -0.463 e. The Balaban J connectivity index is 0.649. The number of amides is 3. The van der Waals surface area contributed by atoms with E-state index >= 15 is 4.39 Å². The van der Waals surface area contributed by atoms with E-state index in [0.717, 1.165) is 95.4 Å². The third kappa shape index (κ3) is 8.82. The van der Waals surface area contributed by atoms with E-state index in [-0.39, 0.29) is 64.2 Å². The predicted octanol–water partition coefficient (Wildman–Crippen LogP) is 5.92. The van der Waals surface area contributed by atoms with E-state index in [2.05, 4.69) is 46.3 Å². The summed E-state index contributed by atoms with van der Waals surface area (Å²) >= 11 is 0. The topological polar surface area (TPSA) is 165 Å². The summed E-state index contributed by atoms with van der Waals surface area (Å²) in [5.41, 5.74) is 6.77. The van der Waals surface area contributed by atoms with Crippen LogP contribution in [0.15, 0.2) is 36.4 Å². The number of likely N-dealkylation sites (tertiary alicyclic amines) is 1. The number of halogens is 4. The summed E-state index contributed by atoms with van der Waals surface area (Å²) in [7, 11) is 0. The van der Waals surface area contributed by atoms with Crippen LogP contribution in [0.25, 0.3) is 22.2 Å². The lowest BCUT2D eigenvalue weighted by Gasteiger charge is -2.54. The lowest BCUT2D eigenvalue weighted by molar-refractivity contribution is -0.138. The largest absolute Gasteiger partial charge is 0.463 e. The van der Waals surface area contributed by atoms with Crippen molar-refractivity contribution >= 4 is 45.9 Å². The normalized spacial score (nSPS) is 25.5. The number of hydrogen-bond acceptors (Lipinski definition) is 13. The molecular weight excluding hydrogens is 919 g/mol. The fourth-order valence-electron chi connectivity index (χ4n) is 13.3. The lowest BCUT2D eigenvalue weighted by atomic mass is 9.57. The number of rotatable bonds is 11. The molecular formula is C52H61F4N11O4. The van der Waals surface area contributed by atoms with Crippen molar-refractivity contribution in [2.24, 2.45) is 16.7 Å². The Labute approximate surface area is 409 Å². The lowest BCUT2D eigenvalue weighted by Crippen LogP contribution is -2.53. The van der Waals surface area contributed by atoms with E-state index in [1.165, 1.54) is 38.7 Å². The van der Waals surface area contributed by atoms with Crippen LogP contribution in [0.3, 0.4) is 0 Å². The van der Waals surface area contributed by atoms with Crippen LogP contribution in [0.4, 0.5) is 34.9 Å². The molecule has 6 aliphatic heterocycles. The molecule has 3 atom stereocenters. The van der Waals surface area contributed by atoms with Crippen molar-refractivity contribution in [1.29, 1.82) is 0 Å². The van der Waals surface area contributed by atoms with Gasteiger partial charge in [0.2, 0.25) is 11.8 Å². The molecule has 376 valence electrons. The number of benzene rings is 2. The predicted molar refractivity (Wildman–Crippen MR) is 258 cm³/mol. The van der Waals surface area contributed by atoms with E-state index in [4.69, 9.17) is 15.5 Å². The van der Waals surface area contributed by atoms with Gasteiger partial charge in [0, 0.05) is 105 Å². The van der Waals surface area contributed by atoms with Crippen molar-refractivity contribution in [3.8, 4) is 17.3 Å². The monoisotopic (exact) mass is 979 g/mol. The zero-order valence-electron chi connectivity index (χ0n) is 40.1. The number of ether oxygens (including phenoxy) is 1. The van der Waals surface area contributed by atoms with E-state index < -0.39 is 35.2 Å². The molecule has 19 heteroatoms. The standard InChI is InChI=1S/C52H61F4N11O4/c1-30-20-40(57)59-44(42(30)52(54,55)56)37-6-7-38-45(43(37)53)61-49(62-46(38)66-26-33-2-3-34(27-66)58-33)71-29-51(10-11-51)28-64-14-12-50(13-15-64)22-31(23-50)24-63-16-18-65(19-17-63)35-4-5-36-32(21-35)25-67(48(36)70)39-8-9-41(68)60-47(39)69/h4-7,20-21,31,33-34,39,58H,2-3,8-19,22-29H2,1H3,(H2,57,59)(H,60,68,69)/t33?,34?,39-/m0/s1. The van der Waals surface area contributed by atoms with Crippen LogP contribution in [0, 0.1) is 29.5 Å². The molecule has 2 saturated carbocycles. The first kappa shape index (κ1) is 46.4. The number of nitrogens with zero attached hydrogens (tertiary/aromatic N) is 8. The number of fused-ring (bicyclic) bond motifs is 4. The maximum absolute atomic E-state index is 16.8. The highest BCUT2D eigenvalue weighted by atomic mass is 19.4. The molecule has 2 bridgehead atoms. The number of piperidine rings is 2. The van der Waals surface area contributed by atoms with Crippen LogP contribution < -0.4 is 30.9 Å². The summed E-state index contributed by atoms with van der Waals surface area (Å²) in [6.45, 7) is 11.3. The highest BCUT2D eigenvalue weighted by molar-refractivity contribution is 6.05. The van der Waals surface area contributed by atoms with Crippen LogP contribution in [0.1, 0.15) is 91.3 Å². The van der Waals surface area contributed by atoms with Gasteiger partial charge >= 0.3 is 12.2 Å². The minimum atomic E-state index is -4.79. The number of anilines is 3. The van der Waals surface area contributed by atoms with E-state index in [1.54, 1.807) is 11.0 Å². The van der Waals surface area contributed by atoms with Crippen LogP contribution in [-0.4, -0.2) is 138 Å². The maximum atomic E-state index is 16.8. The van der Waals surface area contributed by atoms with Gasteiger partial charge in [0.15, 0.2) is 5.82 Å². The number of nitrogens with one attached hydrogen (secondary N) is 2. The molecule has 2 aromatic carbocycles. The van der Waals surface area contributed by atoms with Crippen molar-refractivity contribution in [2.75, 3.05) is 87.6 Å². The SMILES string of the molecule is Cc1cc(N)nc(-c2ccc3c(N4CC5CCC(C4)N5)nc(OCC4(CN5CCC6(CC5)CC(CN5CCN(c7ccc8c(c7)CN([C@H]7CCC(=O)NC7=O)C8=O)CC5)C6)CC4)nc3c2F)c1C(F)(F)F. The van der Waals surface area contributed by atoms with E-state index in [9.17, 15) is 27.6 Å². The first-order valence-corrected chi connectivity index (χ1v) is 25.5. The number of hydrogen-bond donors (Lipinski definition) is 3. The number of carbonyl (C=O) groups excluding carboxylic acids is 3. The highest BCUT2D eigenvalue weighted by Crippen LogP contribution is 2.54. The summed E-state index contributed by atoms with van der Waals surface area (Å²) in [5, 5.41) is 6.41. The number of piperazine rings is 2. The maximum Gasteiger partial charge on any atom is 0.418 e. The van der Waals surface area contributed by atoms with Crippen LogP contribution in [0.2, 0.25) is 0 Å². The van der Waals surface area contributed by atoms with Gasteiger partial charge in [-0.1, -0.05) is 0 Å². The third-order valence-electron chi connectivity index (χ3n) is 17.2. The van der Waals surface area contributed by atoms with Crippen LogP contribution >= 0.6 is 0 Å². The molecule has 71 heavy (non-hydrogen) atoms. The van der Waals surface area contributed by atoms with Crippen LogP contribution in [-0.2, 0) is 22.3 Å². The zero-order valence-corrected chi connectivity index (χ0v) is 40.1. The van der Waals surface area contributed by atoms with Gasteiger partial charge in [-0.05, 0) is 137 Å². The van der Waals surface area contributed by atoms with Gasteiger partial charge in [-0.15, -0.1) is 0 Å². The van der Waals surface area contributed by atoms with Crippen LogP contribution in [0.5, 0.6) is 6.01 Å². The number of nitrogens with two attached hydrogens (primary N) is 1. The molecule has 2 aromatic heterocycles. The average Bonchev–Trinajstić information content (AvgIpc) is 3.90. The van der Waals surface area contributed by atoms with Gasteiger partial charge in [0.25, 0.3) is 5.91 Å². The number of aromatic nitrogens is 3. The molecule has 3 amide bonds. The first-order valence-electron chi connectivity index (χ1n) is 25.5. The molecule has 12 rings (SSSR count). The van der Waals surface area contributed by atoms with E-state index in [1.807, 2.05) is 12.1 Å². The number of pyridine rings is 1. The Kier molecular flexibility index (Phi) is 11.5. The Morgan fingerprint density at radius 1 is 0.845 bits per heavy atom. The van der Waals surface area contributed by atoms with E-state index in [0.29, 0.717) is 60.8 Å². The van der Waals surface area contributed by atoms with Gasteiger partial charge < -0.3 is 35.4 Å². The van der Waals surface area contributed by atoms with Gasteiger partial charge in [-0.3, -0.25) is 24.6 Å².